The average molecular weight is 336 g/mol. The van der Waals surface area contributed by atoms with Gasteiger partial charge in [0, 0.05) is 25.3 Å². The first-order valence-electron chi connectivity index (χ1n) is 6.71. The highest BCUT2D eigenvalue weighted by molar-refractivity contribution is 9.10. The highest BCUT2D eigenvalue weighted by Gasteiger charge is 2.24. The number of imidazole rings is 1. The van der Waals surface area contributed by atoms with Gasteiger partial charge in [0.25, 0.3) is 0 Å². The van der Waals surface area contributed by atoms with Gasteiger partial charge in [-0.15, -0.1) is 0 Å². The number of nitrogens with zero attached hydrogens (tertiary/aromatic N) is 5. The van der Waals surface area contributed by atoms with Gasteiger partial charge in [0.1, 0.15) is 16.7 Å². The molecule has 0 bridgehead atoms. The minimum atomic E-state index is 0.626. The zero-order chi connectivity index (χ0) is 14.1. The standard InChI is InChI=1S/C14H18BrN5/c1-18(2)12-5-6-19(8-12)14-4-3-11(7-16-14)20-9-13(15)17-10-20/h3-4,7,9-10,12H,5-6,8H2,1-2H3/t12-/m1/s1. The van der Waals surface area contributed by atoms with Gasteiger partial charge in [-0.05, 0) is 48.6 Å². The maximum Gasteiger partial charge on any atom is 0.128 e. The molecular formula is C14H18BrN5. The summed E-state index contributed by atoms with van der Waals surface area (Å²) < 4.78 is 2.78. The van der Waals surface area contributed by atoms with Crippen molar-refractivity contribution in [2.45, 2.75) is 12.5 Å². The van der Waals surface area contributed by atoms with E-state index in [1.165, 1.54) is 6.42 Å². The Hall–Kier alpha value is -1.40. The van der Waals surface area contributed by atoms with E-state index in [9.17, 15) is 0 Å². The fourth-order valence-electron chi connectivity index (χ4n) is 2.53. The minimum Gasteiger partial charge on any atom is -0.355 e. The molecule has 1 atom stereocenters. The highest BCUT2D eigenvalue weighted by Crippen LogP contribution is 2.21. The van der Waals surface area contributed by atoms with Gasteiger partial charge in [-0.3, -0.25) is 0 Å². The average Bonchev–Trinajstić information content (AvgIpc) is 3.08. The lowest BCUT2D eigenvalue weighted by atomic mass is 10.2. The van der Waals surface area contributed by atoms with Crippen LogP contribution < -0.4 is 4.90 Å². The van der Waals surface area contributed by atoms with Crippen LogP contribution in [0.25, 0.3) is 5.69 Å². The van der Waals surface area contributed by atoms with Crippen molar-refractivity contribution < 1.29 is 0 Å². The molecule has 106 valence electrons. The topological polar surface area (TPSA) is 37.2 Å². The number of rotatable bonds is 3. The third kappa shape index (κ3) is 2.71. The predicted molar refractivity (Wildman–Crippen MR) is 83.4 cm³/mol. The Balaban J connectivity index is 1.74. The van der Waals surface area contributed by atoms with Gasteiger partial charge in [0.2, 0.25) is 0 Å². The third-order valence-corrected chi connectivity index (χ3v) is 4.21. The molecule has 0 radical (unpaired) electrons. The molecule has 1 aliphatic heterocycles. The number of hydrogen-bond acceptors (Lipinski definition) is 4. The Morgan fingerprint density at radius 3 is 2.70 bits per heavy atom. The third-order valence-electron chi connectivity index (χ3n) is 3.80. The number of hydrogen-bond donors (Lipinski definition) is 0. The molecule has 1 aliphatic rings. The molecule has 2 aromatic heterocycles. The summed E-state index contributed by atoms with van der Waals surface area (Å²) in [5.41, 5.74) is 1.02. The fraction of sp³-hybridized carbons (Fsp3) is 0.429. The largest absolute Gasteiger partial charge is 0.355 e. The van der Waals surface area contributed by atoms with E-state index in [0.29, 0.717) is 6.04 Å². The second-order valence-corrected chi connectivity index (χ2v) is 6.14. The summed E-state index contributed by atoms with van der Waals surface area (Å²) in [6, 6.07) is 4.79. The Labute approximate surface area is 127 Å². The molecule has 1 fully saturated rings. The van der Waals surface area contributed by atoms with Gasteiger partial charge >= 0.3 is 0 Å². The van der Waals surface area contributed by atoms with E-state index in [4.69, 9.17) is 0 Å². The quantitative estimate of drug-likeness (QED) is 0.861. The van der Waals surface area contributed by atoms with Crippen molar-refractivity contribution in [3.63, 3.8) is 0 Å². The van der Waals surface area contributed by atoms with E-state index in [1.807, 2.05) is 17.0 Å². The molecule has 1 saturated heterocycles. The predicted octanol–water partition coefficient (Wildman–Crippen LogP) is 2.17. The Morgan fingerprint density at radius 1 is 1.30 bits per heavy atom. The van der Waals surface area contributed by atoms with Crippen LogP contribution in [0.15, 0.2) is 35.5 Å². The van der Waals surface area contributed by atoms with Crippen LogP contribution in [-0.4, -0.2) is 52.7 Å². The van der Waals surface area contributed by atoms with Crippen LogP contribution in [0.5, 0.6) is 0 Å². The SMILES string of the molecule is CN(C)[C@@H]1CCN(c2ccc(-n3cnc(Br)c3)cn2)C1. The molecule has 0 aliphatic carbocycles. The number of halogens is 1. The van der Waals surface area contributed by atoms with Gasteiger partial charge in [-0.1, -0.05) is 0 Å². The first-order chi connectivity index (χ1) is 9.63. The lowest BCUT2D eigenvalue weighted by Gasteiger charge is -2.21. The molecule has 6 heteroatoms. The summed E-state index contributed by atoms with van der Waals surface area (Å²) >= 11 is 3.35. The van der Waals surface area contributed by atoms with E-state index in [-0.39, 0.29) is 0 Å². The molecule has 0 N–H and O–H groups in total. The summed E-state index contributed by atoms with van der Waals surface area (Å²) in [6.07, 6.45) is 6.80. The zero-order valence-corrected chi connectivity index (χ0v) is 13.3. The maximum absolute atomic E-state index is 4.58. The van der Waals surface area contributed by atoms with Crippen molar-refractivity contribution in [3.05, 3.63) is 35.5 Å². The monoisotopic (exact) mass is 335 g/mol. The van der Waals surface area contributed by atoms with Crippen LogP contribution >= 0.6 is 15.9 Å². The van der Waals surface area contributed by atoms with Gasteiger partial charge < -0.3 is 14.4 Å². The summed E-state index contributed by atoms with van der Waals surface area (Å²) in [6.45, 7) is 2.13. The molecule has 20 heavy (non-hydrogen) atoms. The number of pyridine rings is 1. The van der Waals surface area contributed by atoms with Crippen molar-refractivity contribution in [1.82, 2.24) is 19.4 Å². The second kappa shape index (κ2) is 5.54. The smallest absolute Gasteiger partial charge is 0.128 e. The molecular weight excluding hydrogens is 318 g/mol. The van der Waals surface area contributed by atoms with Crippen LogP contribution in [-0.2, 0) is 0 Å². The van der Waals surface area contributed by atoms with Crippen LogP contribution in [0.3, 0.4) is 0 Å². The maximum atomic E-state index is 4.58. The van der Waals surface area contributed by atoms with Crippen molar-refractivity contribution in [1.29, 1.82) is 0 Å². The first kappa shape index (κ1) is 13.6. The van der Waals surface area contributed by atoms with Gasteiger partial charge in [-0.2, -0.15) is 0 Å². The number of likely N-dealkylation sites (N-methyl/N-ethyl adjacent to an activating group) is 1. The zero-order valence-electron chi connectivity index (χ0n) is 11.7. The molecule has 3 rings (SSSR count). The highest BCUT2D eigenvalue weighted by atomic mass is 79.9. The molecule has 0 aromatic carbocycles. The molecule has 2 aromatic rings. The van der Waals surface area contributed by atoms with Gasteiger partial charge in [0.15, 0.2) is 0 Å². The summed E-state index contributed by atoms with van der Waals surface area (Å²) in [7, 11) is 4.28. The van der Waals surface area contributed by atoms with Crippen molar-refractivity contribution in [2.75, 3.05) is 32.1 Å². The van der Waals surface area contributed by atoms with E-state index >= 15 is 0 Å². The summed E-state index contributed by atoms with van der Waals surface area (Å²) in [5.74, 6) is 1.05. The summed E-state index contributed by atoms with van der Waals surface area (Å²) in [5, 5.41) is 0. The van der Waals surface area contributed by atoms with Gasteiger partial charge in [0.05, 0.1) is 11.9 Å². The minimum absolute atomic E-state index is 0.626. The molecule has 0 amide bonds. The van der Waals surface area contributed by atoms with Crippen molar-refractivity contribution in [3.8, 4) is 5.69 Å². The molecule has 0 spiro atoms. The molecule has 3 heterocycles. The first-order valence-corrected chi connectivity index (χ1v) is 7.50. The molecule has 0 unspecified atom stereocenters. The Kier molecular flexibility index (Phi) is 3.76. The van der Waals surface area contributed by atoms with Crippen LogP contribution in [0, 0.1) is 0 Å². The van der Waals surface area contributed by atoms with E-state index in [0.717, 1.165) is 29.2 Å². The van der Waals surface area contributed by atoms with Crippen molar-refractivity contribution in [2.24, 2.45) is 0 Å². The number of anilines is 1. The Morgan fingerprint density at radius 2 is 2.15 bits per heavy atom. The van der Waals surface area contributed by atoms with Crippen LogP contribution in [0.4, 0.5) is 5.82 Å². The van der Waals surface area contributed by atoms with Crippen LogP contribution in [0.1, 0.15) is 6.42 Å². The Bertz CT molecular complexity index is 578. The number of aromatic nitrogens is 3. The second-order valence-electron chi connectivity index (χ2n) is 5.33. The lowest BCUT2D eigenvalue weighted by molar-refractivity contribution is 0.315. The molecule has 0 saturated carbocycles. The molecule has 5 nitrogen and oxygen atoms in total. The normalized spacial score (nSPS) is 19.0. The van der Waals surface area contributed by atoms with E-state index < -0.39 is 0 Å². The van der Waals surface area contributed by atoms with Crippen LogP contribution in [0.2, 0.25) is 0 Å². The van der Waals surface area contributed by atoms with E-state index in [2.05, 4.69) is 61.9 Å². The van der Waals surface area contributed by atoms with Gasteiger partial charge in [-0.25, -0.2) is 9.97 Å². The fourth-order valence-corrected chi connectivity index (χ4v) is 2.84. The lowest BCUT2D eigenvalue weighted by Crippen LogP contribution is -2.31. The van der Waals surface area contributed by atoms with Crippen molar-refractivity contribution >= 4 is 21.7 Å². The summed E-state index contributed by atoms with van der Waals surface area (Å²) in [4.78, 5) is 13.4. The van der Waals surface area contributed by atoms with E-state index in [1.54, 1.807) is 6.33 Å².